The highest BCUT2D eigenvalue weighted by molar-refractivity contribution is 6.21. The van der Waals surface area contributed by atoms with E-state index in [4.69, 9.17) is 4.98 Å². The van der Waals surface area contributed by atoms with Crippen molar-refractivity contribution in [1.29, 1.82) is 0 Å². The van der Waals surface area contributed by atoms with Crippen LogP contribution in [0.5, 0.6) is 0 Å². The maximum Gasteiger partial charge on any atom is 0.131 e. The highest BCUT2D eigenvalue weighted by Crippen LogP contribution is 2.47. The minimum absolute atomic E-state index is 0.815. The topological polar surface area (TPSA) is 28.7 Å². The van der Waals surface area contributed by atoms with Gasteiger partial charge >= 0.3 is 0 Å². The van der Waals surface area contributed by atoms with Crippen LogP contribution < -0.4 is 0 Å². The van der Waals surface area contributed by atoms with E-state index >= 15 is 0 Å². The summed E-state index contributed by atoms with van der Waals surface area (Å²) in [6.45, 7) is 2.03. The largest absolute Gasteiger partial charge is 0.338 e. The summed E-state index contributed by atoms with van der Waals surface area (Å²) in [5.41, 5.74) is 16.1. The van der Waals surface area contributed by atoms with Gasteiger partial charge in [0.15, 0.2) is 0 Å². The van der Waals surface area contributed by atoms with E-state index in [1.165, 1.54) is 49.9 Å². The second kappa shape index (κ2) is 14.5. The van der Waals surface area contributed by atoms with Gasteiger partial charge in [-0.2, -0.15) is 0 Å². The second-order valence-corrected chi connectivity index (χ2v) is 13.5. The first-order valence-electron chi connectivity index (χ1n) is 18.5. The van der Waals surface area contributed by atoms with Gasteiger partial charge in [-0.1, -0.05) is 200 Å². The van der Waals surface area contributed by atoms with Crippen molar-refractivity contribution in [2.45, 2.75) is 6.92 Å². The molecule has 1 N–H and O–H groups in total. The van der Waals surface area contributed by atoms with Crippen molar-refractivity contribution < 1.29 is 0 Å². The third kappa shape index (κ3) is 6.14. The molecule has 0 aliphatic rings. The number of aromatic amines is 1. The highest BCUT2D eigenvalue weighted by Gasteiger charge is 2.23. The van der Waals surface area contributed by atoms with E-state index in [9.17, 15) is 0 Å². The molecule has 0 aliphatic heterocycles. The fraction of sp³-hybridized carbons (Fsp3) is 0.0192. The molecule has 54 heavy (non-hydrogen) atoms. The minimum atomic E-state index is 0.815. The third-order valence-corrected chi connectivity index (χ3v) is 10.2. The van der Waals surface area contributed by atoms with Crippen LogP contribution in [0.3, 0.4) is 0 Å². The van der Waals surface area contributed by atoms with Gasteiger partial charge < -0.3 is 4.98 Å². The summed E-state index contributed by atoms with van der Waals surface area (Å²) in [5, 5.41) is 2.34. The van der Waals surface area contributed by atoms with Gasteiger partial charge in [0.05, 0.1) is 11.0 Å². The summed E-state index contributed by atoms with van der Waals surface area (Å²) in [6, 6.07) is 65.3. The average Bonchev–Trinajstić information content (AvgIpc) is 3.67. The fourth-order valence-electron chi connectivity index (χ4n) is 7.68. The van der Waals surface area contributed by atoms with Crippen molar-refractivity contribution in [3.63, 3.8) is 0 Å². The summed E-state index contributed by atoms with van der Waals surface area (Å²) < 4.78 is 0. The Labute approximate surface area is 316 Å². The average molecular weight is 691 g/mol. The number of H-pyrrole nitrogens is 1. The first kappa shape index (κ1) is 32.8. The molecule has 0 atom stereocenters. The number of fused-ring (bicyclic) bond motifs is 2. The molecule has 0 unspecified atom stereocenters. The molecule has 8 aromatic carbocycles. The molecule has 0 radical (unpaired) electrons. The molecular weight excluding hydrogens is 653 g/mol. The standard InChI is InChI=1S/C52H38N2/c1-2-3-6-27-48-53-51-49(44-23-13-11-21-42(44)40-32-28-38(29-33-40)36-17-7-4-8-18-36)46-25-15-16-26-47(46)50(52(51)54-48)45-24-14-12-22-43(45)41-34-30-39(31-35-41)37-19-9-5-10-20-37/h2-35H,1H3,(H,53,54)/b3-2-,27-6-. The van der Waals surface area contributed by atoms with Gasteiger partial charge in [-0.05, 0) is 79.4 Å². The van der Waals surface area contributed by atoms with Crippen molar-refractivity contribution in [3.8, 4) is 66.8 Å². The van der Waals surface area contributed by atoms with E-state index in [1.54, 1.807) is 0 Å². The summed E-state index contributed by atoms with van der Waals surface area (Å²) in [4.78, 5) is 9.14. The van der Waals surface area contributed by atoms with Crippen LogP contribution >= 0.6 is 0 Å². The number of benzene rings is 8. The van der Waals surface area contributed by atoms with Crippen molar-refractivity contribution in [2.24, 2.45) is 0 Å². The van der Waals surface area contributed by atoms with Gasteiger partial charge in [0.25, 0.3) is 0 Å². The lowest BCUT2D eigenvalue weighted by Gasteiger charge is -2.19. The molecule has 0 aliphatic carbocycles. The van der Waals surface area contributed by atoms with E-state index in [1.807, 2.05) is 25.2 Å². The molecule has 1 aromatic heterocycles. The molecule has 0 bridgehead atoms. The zero-order valence-corrected chi connectivity index (χ0v) is 30.1. The van der Waals surface area contributed by atoms with Crippen LogP contribution in [0.2, 0.25) is 0 Å². The number of allylic oxidation sites excluding steroid dienone is 3. The Morgan fingerprint density at radius 3 is 1.31 bits per heavy atom. The van der Waals surface area contributed by atoms with Crippen molar-refractivity contribution in [1.82, 2.24) is 9.97 Å². The third-order valence-electron chi connectivity index (χ3n) is 10.2. The molecule has 0 spiro atoms. The quantitative estimate of drug-likeness (QED) is 0.158. The SMILES string of the molecule is C/C=C\C=C/c1nc2c(-c3ccccc3-c3ccc(-c4ccccc4)cc3)c3ccccc3c(-c3ccccc3-c3ccc(-c4ccccc4)cc3)c2[nH]1. The molecule has 9 rings (SSSR count). The number of hydrogen-bond acceptors (Lipinski definition) is 1. The molecule has 2 heteroatoms. The molecule has 0 fully saturated rings. The van der Waals surface area contributed by atoms with Crippen molar-refractivity contribution in [2.75, 3.05) is 0 Å². The Hall–Kier alpha value is -7.03. The van der Waals surface area contributed by atoms with Crippen LogP contribution in [-0.4, -0.2) is 9.97 Å². The molecule has 0 amide bonds. The lowest BCUT2D eigenvalue weighted by atomic mass is 9.85. The fourth-order valence-corrected chi connectivity index (χ4v) is 7.68. The van der Waals surface area contributed by atoms with Crippen LogP contribution in [0.4, 0.5) is 0 Å². The van der Waals surface area contributed by atoms with Gasteiger partial charge in [0.1, 0.15) is 5.82 Å². The monoisotopic (exact) mass is 690 g/mol. The van der Waals surface area contributed by atoms with E-state index in [-0.39, 0.29) is 0 Å². The lowest BCUT2D eigenvalue weighted by Crippen LogP contribution is -1.94. The second-order valence-electron chi connectivity index (χ2n) is 13.5. The van der Waals surface area contributed by atoms with Crippen LogP contribution in [0, 0.1) is 0 Å². The van der Waals surface area contributed by atoms with Gasteiger partial charge in [0.2, 0.25) is 0 Å². The van der Waals surface area contributed by atoms with Crippen molar-refractivity contribution in [3.05, 3.63) is 206 Å². The molecule has 0 saturated heterocycles. The molecular formula is C52H38N2. The zero-order chi connectivity index (χ0) is 36.3. The molecule has 1 heterocycles. The molecule has 2 nitrogen and oxygen atoms in total. The number of rotatable bonds is 8. The van der Waals surface area contributed by atoms with E-state index in [0.29, 0.717) is 0 Å². The summed E-state index contributed by atoms with van der Waals surface area (Å²) in [7, 11) is 0. The first-order valence-corrected chi connectivity index (χ1v) is 18.5. The Kier molecular flexibility index (Phi) is 8.84. The van der Waals surface area contributed by atoms with Crippen molar-refractivity contribution >= 4 is 27.9 Å². The summed E-state index contributed by atoms with van der Waals surface area (Å²) in [6.07, 6.45) is 8.17. The zero-order valence-electron chi connectivity index (χ0n) is 30.1. The Bertz CT molecular complexity index is 2600. The lowest BCUT2D eigenvalue weighted by molar-refractivity contribution is 1.29. The number of aromatic nitrogens is 2. The van der Waals surface area contributed by atoms with E-state index in [0.717, 1.165) is 44.5 Å². The normalized spacial score (nSPS) is 11.6. The van der Waals surface area contributed by atoms with Gasteiger partial charge in [-0.25, -0.2) is 4.98 Å². The molecule has 9 aromatic rings. The van der Waals surface area contributed by atoms with E-state index < -0.39 is 0 Å². The Morgan fingerprint density at radius 2 is 0.796 bits per heavy atom. The van der Waals surface area contributed by atoms with Gasteiger partial charge in [-0.3, -0.25) is 0 Å². The number of hydrogen-bond donors (Lipinski definition) is 1. The number of imidazole rings is 1. The number of nitrogens with zero attached hydrogens (tertiary/aromatic N) is 1. The minimum Gasteiger partial charge on any atom is -0.338 e. The van der Waals surface area contributed by atoms with Crippen LogP contribution in [-0.2, 0) is 0 Å². The summed E-state index contributed by atoms with van der Waals surface area (Å²) >= 11 is 0. The van der Waals surface area contributed by atoms with Gasteiger partial charge in [0, 0.05) is 11.1 Å². The van der Waals surface area contributed by atoms with Crippen LogP contribution in [0.15, 0.2) is 200 Å². The molecule has 0 saturated carbocycles. The Balaban J connectivity index is 1.26. The summed E-state index contributed by atoms with van der Waals surface area (Å²) in [5.74, 6) is 0.815. The van der Waals surface area contributed by atoms with Crippen LogP contribution in [0.25, 0.3) is 94.6 Å². The predicted octanol–water partition coefficient (Wildman–Crippen LogP) is 14.3. The van der Waals surface area contributed by atoms with Crippen LogP contribution in [0.1, 0.15) is 12.7 Å². The Morgan fingerprint density at radius 1 is 0.389 bits per heavy atom. The molecule has 256 valence electrons. The predicted molar refractivity (Wildman–Crippen MR) is 230 cm³/mol. The maximum absolute atomic E-state index is 5.36. The van der Waals surface area contributed by atoms with E-state index in [2.05, 4.69) is 193 Å². The maximum atomic E-state index is 5.36. The number of nitrogens with one attached hydrogen (secondary N) is 1. The van der Waals surface area contributed by atoms with Gasteiger partial charge in [-0.15, -0.1) is 0 Å². The first-order chi connectivity index (χ1) is 26.8. The highest BCUT2D eigenvalue weighted by atomic mass is 14.9. The smallest absolute Gasteiger partial charge is 0.131 e.